The first-order valence-corrected chi connectivity index (χ1v) is 8.79. The molecule has 1 aromatic carbocycles. The van der Waals surface area contributed by atoms with Crippen molar-refractivity contribution in [2.75, 3.05) is 24.5 Å². The molecule has 1 aliphatic heterocycles. The molecular weight excluding hydrogens is 290 g/mol. The molecule has 0 N–H and O–H groups in total. The maximum absolute atomic E-state index is 4.65. The summed E-state index contributed by atoms with van der Waals surface area (Å²) in [6.45, 7) is 9.88. The summed E-state index contributed by atoms with van der Waals surface area (Å²) in [5.41, 5.74) is 1.28. The van der Waals surface area contributed by atoms with Crippen LogP contribution in [0.15, 0.2) is 52.4 Å². The van der Waals surface area contributed by atoms with E-state index in [2.05, 4.69) is 65.9 Å². The zero-order valence-electron chi connectivity index (χ0n) is 13.5. The summed E-state index contributed by atoms with van der Waals surface area (Å²) < 4.78 is 0. The van der Waals surface area contributed by atoms with Crippen LogP contribution in [-0.4, -0.2) is 35.6 Å². The van der Waals surface area contributed by atoms with Gasteiger partial charge in [-0.1, -0.05) is 37.7 Å². The Labute approximate surface area is 137 Å². The van der Waals surface area contributed by atoms with Gasteiger partial charge in [-0.05, 0) is 44.3 Å². The number of anilines is 2. The van der Waals surface area contributed by atoms with Crippen molar-refractivity contribution in [3.63, 3.8) is 0 Å². The SMILES string of the molecule is CCN(CC)C(C)CN1c2ccccc2Sc2cccnc21. The fourth-order valence-electron chi connectivity index (χ4n) is 3.08. The number of rotatable bonds is 5. The van der Waals surface area contributed by atoms with Gasteiger partial charge in [-0.2, -0.15) is 0 Å². The molecule has 0 fully saturated rings. The third kappa shape index (κ3) is 2.85. The lowest BCUT2D eigenvalue weighted by molar-refractivity contribution is 0.236. The monoisotopic (exact) mass is 313 g/mol. The number of para-hydroxylation sites is 1. The van der Waals surface area contributed by atoms with E-state index in [1.807, 2.05) is 24.0 Å². The van der Waals surface area contributed by atoms with Crippen molar-refractivity contribution < 1.29 is 0 Å². The van der Waals surface area contributed by atoms with Crippen LogP contribution >= 0.6 is 11.8 Å². The molecule has 1 aliphatic rings. The normalized spacial score (nSPS) is 14.6. The largest absolute Gasteiger partial charge is 0.323 e. The van der Waals surface area contributed by atoms with Gasteiger partial charge in [-0.3, -0.25) is 4.90 Å². The van der Waals surface area contributed by atoms with Crippen LogP contribution in [0.1, 0.15) is 20.8 Å². The van der Waals surface area contributed by atoms with E-state index in [9.17, 15) is 0 Å². The first-order chi connectivity index (χ1) is 10.7. The Balaban J connectivity index is 1.96. The van der Waals surface area contributed by atoms with Crippen LogP contribution in [0.25, 0.3) is 0 Å². The van der Waals surface area contributed by atoms with Gasteiger partial charge in [0.1, 0.15) is 5.82 Å². The highest BCUT2D eigenvalue weighted by Crippen LogP contribution is 2.46. The van der Waals surface area contributed by atoms with Gasteiger partial charge in [0.25, 0.3) is 0 Å². The van der Waals surface area contributed by atoms with E-state index in [1.165, 1.54) is 15.5 Å². The highest BCUT2D eigenvalue weighted by molar-refractivity contribution is 7.99. The molecule has 0 bridgehead atoms. The van der Waals surface area contributed by atoms with Crippen molar-refractivity contribution in [2.45, 2.75) is 36.6 Å². The molecule has 0 spiro atoms. The lowest BCUT2D eigenvalue weighted by Crippen LogP contribution is -2.41. The van der Waals surface area contributed by atoms with Gasteiger partial charge in [-0.25, -0.2) is 4.98 Å². The van der Waals surface area contributed by atoms with E-state index in [0.717, 1.165) is 25.5 Å². The third-order valence-corrected chi connectivity index (χ3v) is 5.37. The number of aromatic nitrogens is 1. The molecule has 3 rings (SSSR count). The molecule has 4 heteroatoms. The standard InChI is InChI=1S/C18H23N3S/c1-4-20(5-2)14(3)13-21-15-9-6-7-10-16(15)22-17-11-8-12-19-18(17)21/h6-12,14H,4-5,13H2,1-3H3. The fraction of sp³-hybridized carbons (Fsp3) is 0.389. The van der Waals surface area contributed by atoms with Gasteiger partial charge in [0.05, 0.1) is 10.6 Å². The second kappa shape index (κ2) is 6.71. The summed E-state index contributed by atoms with van der Waals surface area (Å²) >= 11 is 1.82. The molecule has 0 saturated carbocycles. The number of benzene rings is 1. The van der Waals surface area contributed by atoms with Crippen LogP contribution in [-0.2, 0) is 0 Å². The summed E-state index contributed by atoms with van der Waals surface area (Å²) in [7, 11) is 0. The molecule has 0 aliphatic carbocycles. The molecule has 1 unspecified atom stereocenters. The second-order valence-electron chi connectivity index (χ2n) is 5.58. The second-order valence-corrected chi connectivity index (χ2v) is 6.66. The van der Waals surface area contributed by atoms with Crippen molar-refractivity contribution in [3.05, 3.63) is 42.6 Å². The van der Waals surface area contributed by atoms with Gasteiger partial charge < -0.3 is 4.90 Å². The predicted molar refractivity (Wildman–Crippen MR) is 94.2 cm³/mol. The Morgan fingerprint density at radius 1 is 1.09 bits per heavy atom. The average molecular weight is 313 g/mol. The summed E-state index contributed by atoms with van der Waals surface area (Å²) in [5.74, 6) is 1.09. The van der Waals surface area contributed by atoms with Crippen LogP contribution in [0, 0.1) is 0 Å². The van der Waals surface area contributed by atoms with Gasteiger partial charge in [-0.15, -0.1) is 0 Å². The number of pyridine rings is 1. The first kappa shape index (κ1) is 15.4. The first-order valence-electron chi connectivity index (χ1n) is 7.98. The quantitative estimate of drug-likeness (QED) is 0.814. The number of nitrogens with zero attached hydrogens (tertiary/aromatic N) is 3. The van der Waals surface area contributed by atoms with Crippen LogP contribution in [0.3, 0.4) is 0 Å². The lowest BCUT2D eigenvalue weighted by Gasteiger charge is -2.36. The Morgan fingerprint density at radius 3 is 2.59 bits per heavy atom. The van der Waals surface area contributed by atoms with Crippen LogP contribution < -0.4 is 4.90 Å². The molecule has 0 amide bonds. The van der Waals surface area contributed by atoms with Crippen molar-refractivity contribution >= 4 is 23.3 Å². The molecule has 2 heterocycles. The molecule has 1 aromatic heterocycles. The number of fused-ring (bicyclic) bond motifs is 2. The average Bonchev–Trinajstić information content (AvgIpc) is 2.55. The Hall–Kier alpha value is -1.52. The molecular formula is C18H23N3S. The summed E-state index contributed by atoms with van der Waals surface area (Å²) in [4.78, 5) is 12.1. The minimum atomic E-state index is 0.487. The Morgan fingerprint density at radius 2 is 1.82 bits per heavy atom. The molecule has 0 saturated heterocycles. The number of hydrogen-bond acceptors (Lipinski definition) is 4. The molecule has 1 atom stereocenters. The maximum Gasteiger partial charge on any atom is 0.147 e. The zero-order valence-corrected chi connectivity index (χ0v) is 14.3. The molecule has 116 valence electrons. The van der Waals surface area contributed by atoms with Crippen molar-refractivity contribution in [2.24, 2.45) is 0 Å². The van der Waals surface area contributed by atoms with E-state index in [-0.39, 0.29) is 0 Å². The minimum absolute atomic E-state index is 0.487. The van der Waals surface area contributed by atoms with E-state index in [0.29, 0.717) is 6.04 Å². The zero-order chi connectivity index (χ0) is 15.5. The molecule has 3 nitrogen and oxygen atoms in total. The highest BCUT2D eigenvalue weighted by Gasteiger charge is 2.26. The third-order valence-electron chi connectivity index (χ3n) is 4.27. The van der Waals surface area contributed by atoms with Gasteiger partial charge in [0, 0.05) is 23.7 Å². The summed E-state index contributed by atoms with van der Waals surface area (Å²) in [6.07, 6.45) is 1.89. The van der Waals surface area contributed by atoms with Gasteiger partial charge in [0.2, 0.25) is 0 Å². The van der Waals surface area contributed by atoms with E-state index in [4.69, 9.17) is 0 Å². The van der Waals surface area contributed by atoms with E-state index < -0.39 is 0 Å². The maximum atomic E-state index is 4.65. The predicted octanol–water partition coefficient (Wildman–Crippen LogP) is 4.41. The van der Waals surface area contributed by atoms with Crippen molar-refractivity contribution in [1.29, 1.82) is 0 Å². The van der Waals surface area contributed by atoms with E-state index in [1.54, 1.807) is 0 Å². The van der Waals surface area contributed by atoms with Gasteiger partial charge >= 0.3 is 0 Å². The van der Waals surface area contributed by atoms with Gasteiger partial charge in [0.15, 0.2) is 0 Å². The summed E-state index contributed by atoms with van der Waals surface area (Å²) in [5, 5.41) is 0. The smallest absolute Gasteiger partial charge is 0.147 e. The number of likely N-dealkylation sites (N-methyl/N-ethyl adjacent to an activating group) is 1. The van der Waals surface area contributed by atoms with Crippen LogP contribution in [0.2, 0.25) is 0 Å². The Kier molecular flexibility index (Phi) is 4.69. The topological polar surface area (TPSA) is 19.4 Å². The highest BCUT2D eigenvalue weighted by atomic mass is 32.2. The van der Waals surface area contributed by atoms with Crippen LogP contribution in [0.4, 0.5) is 11.5 Å². The van der Waals surface area contributed by atoms with Crippen LogP contribution in [0.5, 0.6) is 0 Å². The van der Waals surface area contributed by atoms with Crippen molar-refractivity contribution in [3.8, 4) is 0 Å². The summed E-state index contributed by atoms with van der Waals surface area (Å²) in [6, 6.07) is 13.3. The van der Waals surface area contributed by atoms with Crippen molar-refractivity contribution in [1.82, 2.24) is 9.88 Å². The van der Waals surface area contributed by atoms with E-state index >= 15 is 0 Å². The minimum Gasteiger partial charge on any atom is -0.323 e. The Bertz CT molecular complexity index is 594. The molecule has 0 radical (unpaired) electrons. The molecule has 22 heavy (non-hydrogen) atoms. The number of hydrogen-bond donors (Lipinski definition) is 0. The molecule has 2 aromatic rings. The lowest BCUT2D eigenvalue weighted by atomic mass is 10.2. The fourth-order valence-corrected chi connectivity index (χ4v) is 4.14.